The molecule has 0 aliphatic carbocycles. The first-order valence-electron chi connectivity index (χ1n) is 7.89. The van der Waals surface area contributed by atoms with Crippen LogP contribution in [0.5, 0.6) is 0 Å². The number of halogens is 4. The van der Waals surface area contributed by atoms with E-state index in [1.165, 1.54) is 6.07 Å². The van der Waals surface area contributed by atoms with Crippen LogP contribution >= 0.6 is 35.6 Å². The molecule has 0 spiro atoms. The van der Waals surface area contributed by atoms with E-state index in [1.807, 2.05) is 24.3 Å². The highest BCUT2D eigenvalue weighted by Crippen LogP contribution is 2.30. The summed E-state index contributed by atoms with van der Waals surface area (Å²) in [7, 11) is 0. The summed E-state index contributed by atoms with van der Waals surface area (Å²) in [5.41, 5.74) is 0.709. The van der Waals surface area contributed by atoms with Crippen molar-refractivity contribution in [3.05, 3.63) is 64.7 Å². The Hall–Kier alpha value is -1.44. The zero-order chi connectivity index (χ0) is 19.0. The molecule has 2 rings (SSSR count). The van der Waals surface area contributed by atoms with Crippen LogP contribution in [0, 0.1) is 0 Å². The molecule has 0 atom stereocenters. The molecule has 2 aromatic carbocycles. The first-order chi connectivity index (χ1) is 12.4. The number of benzene rings is 2. The molecule has 0 radical (unpaired) electrons. The second-order valence-corrected chi connectivity index (χ2v) is 7.38. The molecule has 0 aliphatic rings. The molecule has 0 amide bonds. The summed E-state index contributed by atoms with van der Waals surface area (Å²) in [5, 5.41) is 6.85. The number of thiocarbonyl (C=S) groups is 1. The van der Waals surface area contributed by atoms with E-state index in [-0.39, 0.29) is 0 Å². The number of nitrogens with one attached hydrogen (secondary N) is 2. The van der Waals surface area contributed by atoms with Crippen LogP contribution in [-0.2, 0) is 11.9 Å². The van der Waals surface area contributed by atoms with Gasteiger partial charge in [-0.25, -0.2) is 0 Å². The zero-order valence-corrected chi connectivity index (χ0v) is 16.2. The van der Waals surface area contributed by atoms with E-state index < -0.39 is 11.7 Å². The van der Waals surface area contributed by atoms with E-state index in [1.54, 1.807) is 17.8 Å². The smallest absolute Gasteiger partial charge is 0.362 e. The van der Waals surface area contributed by atoms with Gasteiger partial charge in [0, 0.05) is 23.0 Å². The minimum absolute atomic E-state index is 0.306. The van der Waals surface area contributed by atoms with E-state index in [0.717, 1.165) is 40.6 Å². The Morgan fingerprint density at radius 3 is 2.62 bits per heavy atom. The molecule has 0 aromatic heterocycles. The third kappa shape index (κ3) is 7.05. The number of hydrogen-bond acceptors (Lipinski definition) is 2. The van der Waals surface area contributed by atoms with E-state index in [2.05, 4.69) is 10.6 Å². The van der Waals surface area contributed by atoms with Gasteiger partial charge in [-0.05, 0) is 54.2 Å². The molecular weight excluding hydrogens is 401 g/mol. The van der Waals surface area contributed by atoms with Gasteiger partial charge in [-0.15, -0.1) is 0 Å². The van der Waals surface area contributed by atoms with Crippen molar-refractivity contribution >= 4 is 46.4 Å². The molecule has 0 saturated carbocycles. The van der Waals surface area contributed by atoms with Crippen LogP contribution in [0.1, 0.15) is 17.5 Å². The Labute approximate surface area is 165 Å². The van der Waals surface area contributed by atoms with E-state index in [9.17, 15) is 13.2 Å². The van der Waals surface area contributed by atoms with Gasteiger partial charge in [0.1, 0.15) is 0 Å². The summed E-state index contributed by atoms with van der Waals surface area (Å²) in [6.45, 7) is 0.639. The largest absolute Gasteiger partial charge is 0.416 e. The van der Waals surface area contributed by atoms with Gasteiger partial charge >= 0.3 is 6.18 Å². The third-order valence-electron chi connectivity index (χ3n) is 3.41. The molecule has 0 unspecified atom stereocenters. The Morgan fingerprint density at radius 2 is 1.88 bits per heavy atom. The fourth-order valence-electron chi connectivity index (χ4n) is 2.12. The molecule has 2 N–H and O–H groups in total. The number of rotatable bonds is 7. The van der Waals surface area contributed by atoms with Gasteiger partial charge in [0.15, 0.2) is 5.11 Å². The normalized spacial score (nSPS) is 11.2. The SMILES string of the molecule is FC(F)(F)c1cccc(NC(=S)NCCCSCc2ccccc2Cl)c1. The molecule has 0 aliphatic heterocycles. The maximum absolute atomic E-state index is 12.7. The maximum atomic E-state index is 12.7. The van der Waals surface area contributed by atoms with Crippen molar-refractivity contribution < 1.29 is 13.2 Å². The summed E-state index contributed by atoms with van der Waals surface area (Å²) in [5.74, 6) is 1.76. The van der Waals surface area contributed by atoms with Crippen LogP contribution in [0.4, 0.5) is 18.9 Å². The first kappa shape index (κ1) is 20.9. The van der Waals surface area contributed by atoms with E-state index in [4.69, 9.17) is 23.8 Å². The topological polar surface area (TPSA) is 24.1 Å². The van der Waals surface area contributed by atoms with Crippen molar-refractivity contribution in [1.29, 1.82) is 0 Å². The summed E-state index contributed by atoms with van der Waals surface area (Å²) in [6.07, 6.45) is -3.49. The molecule has 0 fully saturated rings. The van der Waals surface area contributed by atoms with Crippen LogP contribution in [-0.4, -0.2) is 17.4 Å². The number of thioether (sulfide) groups is 1. The lowest BCUT2D eigenvalue weighted by molar-refractivity contribution is -0.137. The van der Waals surface area contributed by atoms with Crippen LogP contribution < -0.4 is 10.6 Å². The van der Waals surface area contributed by atoms with Crippen molar-refractivity contribution in [1.82, 2.24) is 5.32 Å². The summed E-state index contributed by atoms with van der Waals surface area (Å²) in [4.78, 5) is 0. The predicted octanol–water partition coefficient (Wildman–Crippen LogP) is 5.97. The molecule has 2 nitrogen and oxygen atoms in total. The molecule has 0 saturated heterocycles. The molecule has 0 heterocycles. The van der Waals surface area contributed by atoms with Gasteiger partial charge in [-0.2, -0.15) is 24.9 Å². The standard InChI is InChI=1S/C18H18ClF3N2S2/c19-16-8-2-1-5-13(16)12-26-10-4-9-23-17(25)24-15-7-3-6-14(11-15)18(20,21)22/h1-3,5-8,11H,4,9-10,12H2,(H2,23,24,25). The fourth-order valence-corrected chi connectivity index (χ4v) is 3.59. The maximum Gasteiger partial charge on any atom is 0.416 e. The average molecular weight is 419 g/mol. The molecule has 26 heavy (non-hydrogen) atoms. The monoisotopic (exact) mass is 418 g/mol. The lowest BCUT2D eigenvalue weighted by Crippen LogP contribution is -2.29. The summed E-state index contributed by atoms with van der Waals surface area (Å²) >= 11 is 13.0. The Bertz CT molecular complexity index is 738. The van der Waals surface area contributed by atoms with Crippen LogP contribution in [0.2, 0.25) is 5.02 Å². The van der Waals surface area contributed by atoms with Crippen LogP contribution in [0.25, 0.3) is 0 Å². The molecule has 8 heteroatoms. The highest BCUT2D eigenvalue weighted by atomic mass is 35.5. The number of anilines is 1. The van der Waals surface area contributed by atoms with Crippen LogP contribution in [0.3, 0.4) is 0 Å². The Balaban J connectivity index is 1.66. The number of hydrogen-bond donors (Lipinski definition) is 2. The summed E-state index contributed by atoms with van der Waals surface area (Å²) in [6, 6.07) is 12.7. The molecule has 2 aromatic rings. The Morgan fingerprint density at radius 1 is 1.12 bits per heavy atom. The average Bonchev–Trinajstić information content (AvgIpc) is 2.59. The number of alkyl halides is 3. The fraction of sp³-hybridized carbons (Fsp3) is 0.278. The second-order valence-electron chi connectivity index (χ2n) is 5.46. The molecule has 0 bridgehead atoms. The summed E-state index contributed by atoms with van der Waals surface area (Å²) < 4.78 is 38.1. The van der Waals surface area contributed by atoms with Gasteiger partial charge < -0.3 is 10.6 Å². The zero-order valence-electron chi connectivity index (χ0n) is 13.8. The predicted molar refractivity (Wildman–Crippen MR) is 108 cm³/mol. The highest BCUT2D eigenvalue weighted by Gasteiger charge is 2.30. The van der Waals surface area contributed by atoms with Gasteiger partial charge in [-0.3, -0.25) is 0 Å². The van der Waals surface area contributed by atoms with Crippen molar-refractivity contribution in [2.24, 2.45) is 0 Å². The third-order valence-corrected chi connectivity index (χ3v) is 5.12. The second kappa shape index (κ2) is 10.0. The van der Waals surface area contributed by atoms with Gasteiger partial charge in [0.05, 0.1) is 5.56 Å². The first-order valence-corrected chi connectivity index (χ1v) is 9.83. The van der Waals surface area contributed by atoms with Gasteiger partial charge in [0.25, 0.3) is 0 Å². The van der Waals surface area contributed by atoms with E-state index >= 15 is 0 Å². The van der Waals surface area contributed by atoms with Crippen LogP contribution in [0.15, 0.2) is 48.5 Å². The van der Waals surface area contributed by atoms with Crippen molar-refractivity contribution in [2.75, 3.05) is 17.6 Å². The quantitative estimate of drug-likeness (QED) is 0.427. The van der Waals surface area contributed by atoms with Crippen molar-refractivity contribution in [3.63, 3.8) is 0 Å². The van der Waals surface area contributed by atoms with Gasteiger partial charge in [-0.1, -0.05) is 35.9 Å². The van der Waals surface area contributed by atoms with Crippen molar-refractivity contribution in [2.45, 2.75) is 18.3 Å². The lowest BCUT2D eigenvalue weighted by atomic mass is 10.2. The molecule has 140 valence electrons. The molecular formula is C18H18ClF3N2S2. The highest BCUT2D eigenvalue weighted by molar-refractivity contribution is 7.98. The van der Waals surface area contributed by atoms with Gasteiger partial charge in [0.2, 0.25) is 0 Å². The minimum atomic E-state index is -4.37. The minimum Gasteiger partial charge on any atom is -0.362 e. The Kier molecular flexibility index (Phi) is 8.06. The lowest BCUT2D eigenvalue weighted by Gasteiger charge is -2.12. The van der Waals surface area contributed by atoms with E-state index in [0.29, 0.717) is 17.3 Å². The van der Waals surface area contributed by atoms with Crippen molar-refractivity contribution in [3.8, 4) is 0 Å².